The number of benzene rings is 1. The number of nitrogens with zero attached hydrogens (tertiary/aromatic N) is 1. The van der Waals surface area contributed by atoms with Crippen molar-refractivity contribution in [3.05, 3.63) is 46.6 Å². The molecule has 0 fully saturated rings. The van der Waals surface area contributed by atoms with Gasteiger partial charge in [0.15, 0.2) is 11.5 Å². The minimum Gasteiger partial charge on any atom is -0.493 e. The summed E-state index contributed by atoms with van der Waals surface area (Å²) >= 11 is 0. The van der Waals surface area contributed by atoms with Gasteiger partial charge in [-0.3, -0.25) is 5.32 Å². The topological polar surface area (TPSA) is 68.4 Å². The van der Waals surface area contributed by atoms with Crippen LogP contribution in [-0.2, 0) is 6.42 Å². The fraction of sp³-hybridized carbons (Fsp3) is 0.333. The molecule has 0 radical (unpaired) electrons. The summed E-state index contributed by atoms with van der Waals surface area (Å²) < 4.78 is 10.6. The number of anilines is 1. The monoisotopic (exact) mass is 312 g/mol. The van der Waals surface area contributed by atoms with Gasteiger partial charge < -0.3 is 9.47 Å². The zero-order valence-electron chi connectivity index (χ0n) is 14.0. The molecule has 0 amide bonds. The molecule has 1 heterocycles. The number of aryl methyl sites for hydroxylation is 2. The number of ether oxygens (including phenoxy) is 2. The quantitative estimate of drug-likeness (QED) is 0.890. The highest BCUT2D eigenvalue weighted by molar-refractivity contribution is 5.52. The van der Waals surface area contributed by atoms with Gasteiger partial charge in [-0.15, -0.1) is 0 Å². The van der Waals surface area contributed by atoms with E-state index in [4.69, 9.17) is 9.47 Å². The van der Waals surface area contributed by atoms with E-state index in [1.807, 2.05) is 38.1 Å². The average Bonchev–Trinajstić information content (AvgIpc) is 2.54. The Morgan fingerprint density at radius 2 is 1.87 bits per heavy atom. The van der Waals surface area contributed by atoms with Gasteiger partial charge in [0.2, 0.25) is 0 Å². The summed E-state index contributed by atoms with van der Waals surface area (Å²) in [4.78, 5) is 3.22. The van der Waals surface area contributed by atoms with Crippen molar-refractivity contribution in [2.24, 2.45) is 0 Å². The SMILES string of the molecule is COc1ccc(CCNc2[nH+]c(C)cc(C)c2C#N)cc1OC. The van der Waals surface area contributed by atoms with Crippen molar-refractivity contribution in [2.75, 3.05) is 26.1 Å². The van der Waals surface area contributed by atoms with Crippen LogP contribution in [0.4, 0.5) is 5.82 Å². The fourth-order valence-corrected chi connectivity index (χ4v) is 2.53. The molecular formula is C18H22N3O2+. The van der Waals surface area contributed by atoms with Crippen LogP contribution < -0.4 is 19.8 Å². The standard InChI is InChI=1S/C18H21N3O2/c1-12-9-13(2)21-18(15(12)11-19)20-8-7-14-5-6-16(22-3)17(10-14)23-4/h5-6,9-10H,7-8H2,1-4H3,(H,20,21)/p+1. The Hall–Kier alpha value is -2.74. The molecule has 0 aliphatic rings. The van der Waals surface area contributed by atoms with Crippen LogP contribution >= 0.6 is 0 Å². The second-order valence-corrected chi connectivity index (χ2v) is 5.36. The van der Waals surface area contributed by atoms with Crippen LogP contribution in [0.5, 0.6) is 11.5 Å². The first-order valence-corrected chi connectivity index (χ1v) is 7.47. The predicted molar refractivity (Wildman–Crippen MR) is 88.9 cm³/mol. The molecule has 2 N–H and O–H groups in total. The van der Waals surface area contributed by atoms with E-state index >= 15 is 0 Å². The Labute approximate surface area is 136 Å². The van der Waals surface area contributed by atoms with Crippen molar-refractivity contribution < 1.29 is 14.5 Å². The molecule has 5 nitrogen and oxygen atoms in total. The lowest BCUT2D eigenvalue weighted by molar-refractivity contribution is -0.371. The highest BCUT2D eigenvalue weighted by Gasteiger charge is 2.14. The predicted octanol–water partition coefficient (Wildman–Crippen LogP) is 2.66. The lowest BCUT2D eigenvalue weighted by Crippen LogP contribution is -2.20. The second-order valence-electron chi connectivity index (χ2n) is 5.36. The van der Waals surface area contributed by atoms with Gasteiger partial charge in [0, 0.05) is 6.42 Å². The third-order valence-corrected chi connectivity index (χ3v) is 3.67. The molecule has 0 aliphatic heterocycles. The van der Waals surface area contributed by atoms with Gasteiger partial charge in [0.1, 0.15) is 11.6 Å². The number of aromatic amines is 1. The van der Waals surface area contributed by atoms with Crippen LogP contribution in [0, 0.1) is 25.2 Å². The van der Waals surface area contributed by atoms with E-state index in [1.54, 1.807) is 14.2 Å². The number of pyridine rings is 1. The van der Waals surface area contributed by atoms with E-state index in [1.165, 1.54) is 0 Å². The third kappa shape index (κ3) is 3.92. The average molecular weight is 312 g/mol. The Kier molecular flexibility index (Phi) is 5.42. The zero-order chi connectivity index (χ0) is 16.8. The van der Waals surface area contributed by atoms with Crippen LogP contribution in [0.3, 0.4) is 0 Å². The van der Waals surface area contributed by atoms with Gasteiger partial charge in [-0.05, 0) is 43.2 Å². The van der Waals surface area contributed by atoms with E-state index < -0.39 is 0 Å². The lowest BCUT2D eigenvalue weighted by Gasteiger charge is -2.09. The number of rotatable bonds is 6. The van der Waals surface area contributed by atoms with Crippen molar-refractivity contribution in [1.29, 1.82) is 5.26 Å². The van der Waals surface area contributed by atoms with E-state index in [0.717, 1.165) is 40.6 Å². The van der Waals surface area contributed by atoms with Gasteiger partial charge in [0.25, 0.3) is 5.82 Å². The number of hydrogen-bond acceptors (Lipinski definition) is 4. The molecule has 1 aromatic heterocycles. The number of nitrogens with one attached hydrogen (secondary N) is 2. The Balaban J connectivity index is 2.07. The smallest absolute Gasteiger partial charge is 0.290 e. The summed E-state index contributed by atoms with van der Waals surface area (Å²) in [5.74, 6) is 2.21. The van der Waals surface area contributed by atoms with Gasteiger partial charge in [0.05, 0.1) is 26.5 Å². The number of hydrogen-bond donors (Lipinski definition) is 1. The van der Waals surface area contributed by atoms with Crippen molar-refractivity contribution in [3.8, 4) is 17.6 Å². The molecule has 5 heteroatoms. The molecule has 0 atom stereocenters. The van der Waals surface area contributed by atoms with Gasteiger partial charge >= 0.3 is 0 Å². The number of nitriles is 1. The molecule has 0 saturated heterocycles. The maximum absolute atomic E-state index is 9.29. The molecule has 2 aromatic rings. The summed E-state index contributed by atoms with van der Waals surface area (Å²) in [6.07, 6.45) is 0.812. The molecule has 1 aromatic carbocycles. The first-order chi connectivity index (χ1) is 11.1. The largest absolute Gasteiger partial charge is 0.493 e. The summed E-state index contributed by atoms with van der Waals surface area (Å²) in [5, 5.41) is 12.6. The molecule has 120 valence electrons. The molecule has 0 aliphatic carbocycles. The fourth-order valence-electron chi connectivity index (χ4n) is 2.53. The van der Waals surface area contributed by atoms with Gasteiger partial charge in [-0.2, -0.15) is 5.26 Å². The first-order valence-electron chi connectivity index (χ1n) is 7.47. The third-order valence-electron chi connectivity index (χ3n) is 3.67. The normalized spacial score (nSPS) is 10.0. The molecule has 0 unspecified atom stereocenters. The maximum Gasteiger partial charge on any atom is 0.290 e. The van der Waals surface area contributed by atoms with Gasteiger partial charge in [-0.25, -0.2) is 4.98 Å². The number of methoxy groups -OCH3 is 2. The Morgan fingerprint density at radius 1 is 1.13 bits per heavy atom. The number of aromatic nitrogens is 1. The molecule has 0 bridgehead atoms. The lowest BCUT2D eigenvalue weighted by atomic mass is 10.1. The first kappa shape index (κ1) is 16.6. The van der Waals surface area contributed by atoms with Crippen LogP contribution in [0.15, 0.2) is 24.3 Å². The Bertz CT molecular complexity index is 736. The van der Waals surface area contributed by atoms with E-state index in [9.17, 15) is 5.26 Å². The summed E-state index contributed by atoms with van der Waals surface area (Å²) in [7, 11) is 3.25. The molecule has 23 heavy (non-hydrogen) atoms. The molecule has 0 saturated carbocycles. The van der Waals surface area contributed by atoms with E-state index in [-0.39, 0.29) is 0 Å². The highest BCUT2D eigenvalue weighted by Crippen LogP contribution is 2.27. The zero-order valence-corrected chi connectivity index (χ0v) is 14.0. The highest BCUT2D eigenvalue weighted by atomic mass is 16.5. The molecular weight excluding hydrogens is 290 g/mol. The van der Waals surface area contributed by atoms with Crippen LogP contribution in [0.2, 0.25) is 0 Å². The summed E-state index contributed by atoms with van der Waals surface area (Å²) in [6, 6.07) is 10.1. The van der Waals surface area contributed by atoms with Crippen molar-refractivity contribution in [1.82, 2.24) is 0 Å². The van der Waals surface area contributed by atoms with E-state index in [2.05, 4.69) is 16.4 Å². The second kappa shape index (κ2) is 7.50. The maximum atomic E-state index is 9.29. The summed E-state index contributed by atoms with van der Waals surface area (Å²) in [5.41, 5.74) is 3.79. The van der Waals surface area contributed by atoms with Crippen molar-refractivity contribution >= 4 is 5.82 Å². The van der Waals surface area contributed by atoms with Crippen LogP contribution in [0.1, 0.15) is 22.4 Å². The minimum absolute atomic E-state index is 0.655. The van der Waals surface area contributed by atoms with Crippen molar-refractivity contribution in [2.45, 2.75) is 20.3 Å². The minimum atomic E-state index is 0.655. The van der Waals surface area contributed by atoms with Gasteiger partial charge in [-0.1, -0.05) is 6.07 Å². The van der Waals surface area contributed by atoms with Crippen LogP contribution in [0.25, 0.3) is 0 Å². The molecule has 2 rings (SSSR count). The van der Waals surface area contributed by atoms with Crippen LogP contribution in [-0.4, -0.2) is 20.8 Å². The van der Waals surface area contributed by atoms with Crippen molar-refractivity contribution in [3.63, 3.8) is 0 Å². The van der Waals surface area contributed by atoms with E-state index in [0.29, 0.717) is 12.1 Å². The number of H-pyrrole nitrogens is 1. The summed E-state index contributed by atoms with van der Waals surface area (Å²) in [6.45, 7) is 4.64. The Morgan fingerprint density at radius 3 is 2.52 bits per heavy atom. The molecule has 0 spiro atoms.